The van der Waals surface area contributed by atoms with Crippen molar-refractivity contribution in [1.29, 1.82) is 0 Å². The van der Waals surface area contributed by atoms with Gasteiger partial charge in [-0.3, -0.25) is 14.4 Å². The van der Waals surface area contributed by atoms with Gasteiger partial charge in [0.25, 0.3) is 5.91 Å². The Kier molecular flexibility index (Phi) is 7.63. The van der Waals surface area contributed by atoms with Crippen LogP contribution in [0, 0.1) is 5.92 Å². The zero-order valence-corrected chi connectivity index (χ0v) is 15.7. The first-order valence-corrected chi connectivity index (χ1v) is 9.52. The molecular formula is C20H29N3O3. The van der Waals surface area contributed by atoms with Crippen molar-refractivity contribution in [2.45, 2.75) is 46.0 Å². The van der Waals surface area contributed by atoms with Crippen LogP contribution >= 0.6 is 0 Å². The number of amides is 3. The normalized spacial score (nSPS) is 16.8. The van der Waals surface area contributed by atoms with Crippen LogP contribution in [0.2, 0.25) is 0 Å². The molecule has 1 saturated heterocycles. The first-order valence-electron chi connectivity index (χ1n) is 9.52. The third kappa shape index (κ3) is 5.58. The van der Waals surface area contributed by atoms with Gasteiger partial charge in [0, 0.05) is 37.3 Å². The lowest BCUT2D eigenvalue weighted by Gasteiger charge is -2.32. The Morgan fingerprint density at radius 3 is 2.54 bits per heavy atom. The van der Waals surface area contributed by atoms with Gasteiger partial charge in [0.2, 0.25) is 11.8 Å². The summed E-state index contributed by atoms with van der Waals surface area (Å²) >= 11 is 0. The molecule has 142 valence electrons. The molecule has 1 aliphatic rings. The summed E-state index contributed by atoms with van der Waals surface area (Å²) in [5.41, 5.74) is 1.26. The van der Waals surface area contributed by atoms with Gasteiger partial charge in [-0.05, 0) is 43.5 Å². The molecular weight excluding hydrogens is 330 g/mol. The minimum Gasteiger partial charge on any atom is -0.356 e. The van der Waals surface area contributed by atoms with E-state index < -0.39 is 0 Å². The van der Waals surface area contributed by atoms with Gasteiger partial charge in [-0.15, -0.1) is 0 Å². The number of carbonyl (C=O) groups is 3. The fourth-order valence-corrected chi connectivity index (χ4v) is 3.04. The Bertz CT molecular complexity index is 628. The molecule has 0 spiro atoms. The molecule has 1 aromatic rings. The van der Waals surface area contributed by atoms with Crippen LogP contribution in [-0.4, -0.2) is 42.3 Å². The molecule has 1 fully saturated rings. The topological polar surface area (TPSA) is 78.5 Å². The number of nitrogens with zero attached hydrogens (tertiary/aromatic N) is 1. The molecule has 1 heterocycles. The van der Waals surface area contributed by atoms with Gasteiger partial charge in [0.15, 0.2) is 0 Å². The molecule has 6 heteroatoms. The standard InChI is InChI=1S/C20H29N3O3/c1-3-5-12-21-19(25)16-7-6-13-23(14-16)20(26)15-8-10-17(11-9-15)22-18(24)4-2/h8-11,16H,3-7,12-14H2,1-2H3,(H,21,25)(H,22,24). The second kappa shape index (κ2) is 9.94. The van der Waals surface area contributed by atoms with Crippen LogP contribution in [0.5, 0.6) is 0 Å². The van der Waals surface area contributed by atoms with Crippen LogP contribution in [0.25, 0.3) is 0 Å². The second-order valence-corrected chi connectivity index (χ2v) is 6.71. The molecule has 0 aromatic heterocycles. The summed E-state index contributed by atoms with van der Waals surface area (Å²) in [4.78, 5) is 38.2. The van der Waals surface area contributed by atoms with Gasteiger partial charge in [0.1, 0.15) is 0 Å². The lowest BCUT2D eigenvalue weighted by Crippen LogP contribution is -2.45. The Morgan fingerprint density at radius 1 is 1.15 bits per heavy atom. The molecule has 1 unspecified atom stereocenters. The number of benzene rings is 1. The summed E-state index contributed by atoms with van der Waals surface area (Å²) in [5, 5.41) is 5.73. The SMILES string of the molecule is CCCCNC(=O)C1CCCN(C(=O)c2ccc(NC(=O)CC)cc2)C1. The third-order valence-corrected chi connectivity index (χ3v) is 4.65. The number of hydrogen-bond donors (Lipinski definition) is 2. The van der Waals surface area contributed by atoms with Crippen molar-refractivity contribution in [3.63, 3.8) is 0 Å². The number of anilines is 1. The van der Waals surface area contributed by atoms with E-state index in [0.717, 1.165) is 25.7 Å². The lowest BCUT2D eigenvalue weighted by molar-refractivity contribution is -0.126. The Morgan fingerprint density at radius 2 is 1.88 bits per heavy atom. The maximum atomic E-state index is 12.7. The Hall–Kier alpha value is -2.37. The van der Waals surface area contributed by atoms with E-state index in [4.69, 9.17) is 0 Å². The minimum atomic E-state index is -0.132. The first kappa shape index (κ1) is 19.9. The van der Waals surface area contributed by atoms with E-state index >= 15 is 0 Å². The highest BCUT2D eigenvalue weighted by Gasteiger charge is 2.28. The molecule has 0 bridgehead atoms. The number of nitrogens with one attached hydrogen (secondary N) is 2. The molecule has 0 saturated carbocycles. The average molecular weight is 359 g/mol. The first-order chi connectivity index (χ1) is 12.5. The lowest BCUT2D eigenvalue weighted by atomic mass is 9.96. The van der Waals surface area contributed by atoms with Crippen LogP contribution in [-0.2, 0) is 9.59 Å². The molecule has 0 radical (unpaired) electrons. The van der Waals surface area contributed by atoms with Crippen molar-refractivity contribution in [2.75, 3.05) is 25.0 Å². The maximum Gasteiger partial charge on any atom is 0.253 e. The van der Waals surface area contributed by atoms with Crippen molar-refractivity contribution in [3.05, 3.63) is 29.8 Å². The summed E-state index contributed by atoms with van der Waals surface area (Å²) in [7, 11) is 0. The molecule has 1 aromatic carbocycles. The zero-order valence-electron chi connectivity index (χ0n) is 15.7. The second-order valence-electron chi connectivity index (χ2n) is 6.71. The van der Waals surface area contributed by atoms with Gasteiger partial charge in [-0.25, -0.2) is 0 Å². The van der Waals surface area contributed by atoms with Crippen molar-refractivity contribution in [3.8, 4) is 0 Å². The molecule has 2 rings (SSSR count). The van der Waals surface area contributed by atoms with Crippen molar-refractivity contribution in [2.24, 2.45) is 5.92 Å². The highest BCUT2D eigenvalue weighted by Crippen LogP contribution is 2.20. The van der Waals surface area contributed by atoms with Crippen LogP contribution in [0.4, 0.5) is 5.69 Å². The van der Waals surface area contributed by atoms with Crippen LogP contribution in [0.1, 0.15) is 56.3 Å². The average Bonchev–Trinajstić information content (AvgIpc) is 2.68. The van der Waals surface area contributed by atoms with E-state index in [1.165, 1.54) is 0 Å². The number of hydrogen-bond acceptors (Lipinski definition) is 3. The van der Waals surface area contributed by atoms with E-state index in [1.54, 1.807) is 36.1 Å². The monoisotopic (exact) mass is 359 g/mol. The van der Waals surface area contributed by atoms with Crippen LogP contribution < -0.4 is 10.6 Å². The van der Waals surface area contributed by atoms with Crippen molar-refractivity contribution >= 4 is 23.4 Å². The van der Waals surface area contributed by atoms with E-state index in [0.29, 0.717) is 37.3 Å². The smallest absolute Gasteiger partial charge is 0.253 e. The predicted octanol–water partition coefficient (Wildman–Crippen LogP) is 2.80. The summed E-state index contributed by atoms with van der Waals surface area (Å²) in [6.45, 7) is 5.71. The molecule has 3 amide bonds. The van der Waals surface area contributed by atoms with E-state index in [9.17, 15) is 14.4 Å². The number of likely N-dealkylation sites (tertiary alicyclic amines) is 1. The predicted molar refractivity (Wildman–Crippen MR) is 102 cm³/mol. The van der Waals surface area contributed by atoms with E-state index in [1.807, 2.05) is 0 Å². The van der Waals surface area contributed by atoms with E-state index in [-0.39, 0.29) is 23.6 Å². The van der Waals surface area contributed by atoms with Crippen molar-refractivity contribution < 1.29 is 14.4 Å². The largest absolute Gasteiger partial charge is 0.356 e. The highest BCUT2D eigenvalue weighted by molar-refractivity contribution is 5.96. The quantitative estimate of drug-likeness (QED) is 0.735. The highest BCUT2D eigenvalue weighted by atomic mass is 16.2. The van der Waals surface area contributed by atoms with Gasteiger partial charge in [-0.1, -0.05) is 20.3 Å². The fourth-order valence-electron chi connectivity index (χ4n) is 3.04. The van der Waals surface area contributed by atoms with Gasteiger partial charge in [-0.2, -0.15) is 0 Å². The summed E-state index contributed by atoms with van der Waals surface area (Å²) in [5.74, 6) is -0.206. The third-order valence-electron chi connectivity index (χ3n) is 4.65. The minimum absolute atomic E-state index is 0.0496. The molecule has 0 aliphatic carbocycles. The number of carbonyl (C=O) groups excluding carboxylic acids is 3. The van der Waals surface area contributed by atoms with E-state index in [2.05, 4.69) is 17.6 Å². The number of rotatable bonds is 7. The number of unbranched alkanes of at least 4 members (excludes halogenated alkanes) is 1. The van der Waals surface area contributed by atoms with Gasteiger partial charge >= 0.3 is 0 Å². The molecule has 2 N–H and O–H groups in total. The summed E-state index contributed by atoms with van der Waals surface area (Å²) in [6.07, 6.45) is 4.09. The Balaban J connectivity index is 1.93. The van der Waals surface area contributed by atoms with Gasteiger partial charge < -0.3 is 15.5 Å². The Labute approximate surface area is 155 Å². The zero-order chi connectivity index (χ0) is 18.9. The maximum absolute atomic E-state index is 12.7. The van der Waals surface area contributed by atoms with Crippen LogP contribution in [0.15, 0.2) is 24.3 Å². The molecule has 1 atom stereocenters. The van der Waals surface area contributed by atoms with Crippen LogP contribution in [0.3, 0.4) is 0 Å². The molecule has 6 nitrogen and oxygen atoms in total. The van der Waals surface area contributed by atoms with Crippen molar-refractivity contribution in [1.82, 2.24) is 10.2 Å². The van der Waals surface area contributed by atoms with Gasteiger partial charge in [0.05, 0.1) is 5.92 Å². The summed E-state index contributed by atoms with van der Waals surface area (Å²) < 4.78 is 0. The fraction of sp³-hybridized carbons (Fsp3) is 0.550. The molecule has 26 heavy (non-hydrogen) atoms. The summed E-state index contributed by atoms with van der Waals surface area (Å²) in [6, 6.07) is 6.91. The molecule has 1 aliphatic heterocycles. The number of piperidine rings is 1.